The third-order valence-corrected chi connectivity index (χ3v) is 6.40. The minimum Gasteiger partial charge on any atom is -0.490 e. The lowest BCUT2D eigenvalue weighted by atomic mass is 10.1. The van der Waals surface area contributed by atoms with Gasteiger partial charge < -0.3 is 14.8 Å². The zero-order valence-electron chi connectivity index (χ0n) is 20.9. The molecule has 5 amide bonds. The van der Waals surface area contributed by atoms with Crippen LogP contribution in [0.2, 0.25) is 5.02 Å². The number of barbiturate groups is 1. The number of carbonyl (C=O) groups is 4. The van der Waals surface area contributed by atoms with Crippen LogP contribution in [-0.2, 0) is 14.4 Å². The fourth-order valence-electron chi connectivity index (χ4n) is 3.79. The summed E-state index contributed by atoms with van der Waals surface area (Å²) in [6.45, 7) is 3.66. The molecule has 0 aromatic heterocycles. The normalized spacial score (nSPS) is 14.3. The van der Waals surface area contributed by atoms with E-state index in [0.29, 0.717) is 20.7 Å². The summed E-state index contributed by atoms with van der Waals surface area (Å²) in [4.78, 5) is 51.6. The molecule has 200 valence electrons. The fourth-order valence-corrected chi connectivity index (χ4v) is 4.54. The molecule has 0 bridgehead atoms. The molecule has 0 unspecified atom stereocenters. The van der Waals surface area contributed by atoms with E-state index >= 15 is 0 Å². The molecule has 1 fully saturated rings. The predicted molar refractivity (Wildman–Crippen MR) is 151 cm³/mol. The molecule has 3 aromatic rings. The SMILES string of the molecule is CCOc1cc(/C=C2\C(=O)NC(=O)N(c3cccc(Cl)c3)C2=O)cc(Br)c1OCC(=O)Nc1ccccc1C. The maximum Gasteiger partial charge on any atom is 0.335 e. The highest BCUT2D eigenvalue weighted by Gasteiger charge is 2.37. The highest BCUT2D eigenvalue weighted by atomic mass is 79.9. The number of rotatable bonds is 8. The second-order valence-corrected chi connectivity index (χ2v) is 9.64. The van der Waals surface area contributed by atoms with Gasteiger partial charge in [-0.25, -0.2) is 9.69 Å². The molecule has 0 radical (unpaired) electrons. The molecule has 9 nitrogen and oxygen atoms in total. The third-order valence-electron chi connectivity index (χ3n) is 5.58. The Labute approximate surface area is 237 Å². The van der Waals surface area contributed by atoms with E-state index in [1.165, 1.54) is 18.2 Å². The molecule has 2 N–H and O–H groups in total. The van der Waals surface area contributed by atoms with Gasteiger partial charge in [-0.3, -0.25) is 19.7 Å². The number of benzene rings is 3. The van der Waals surface area contributed by atoms with E-state index in [9.17, 15) is 19.2 Å². The van der Waals surface area contributed by atoms with Crippen LogP contribution in [0.15, 0.2) is 70.7 Å². The standard InChI is InChI=1S/C28H23BrClN3O6/c1-3-38-23-13-17(12-21(29)25(23)39-15-24(34)31-22-10-5-4-7-16(22)2)11-20-26(35)32-28(37)33(27(20)36)19-9-6-8-18(30)14-19/h4-14H,3,15H2,1-2H3,(H,31,34)(H,32,35,37)/b20-11+. The molecule has 1 aliphatic rings. The first-order valence-electron chi connectivity index (χ1n) is 11.8. The lowest BCUT2D eigenvalue weighted by Crippen LogP contribution is -2.54. The van der Waals surface area contributed by atoms with Crippen LogP contribution in [0.25, 0.3) is 6.08 Å². The van der Waals surface area contributed by atoms with Crippen molar-refractivity contribution in [1.29, 1.82) is 0 Å². The summed E-state index contributed by atoms with van der Waals surface area (Å²) in [5, 5.41) is 5.30. The molecule has 0 saturated carbocycles. The monoisotopic (exact) mass is 611 g/mol. The van der Waals surface area contributed by atoms with Crippen LogP contribution in [-0.4, -0.2) is 37.0 Å². The quantitative estimate of drug-likeness (QED) is 0.257. The Morgan fingerprint density at radius 2 is 1.85 bits per heavy atom. The number of ether oxygens (including phenoxy) is 2. The number of urea groups is 1. The summed E-state index contributed by atoms with van der Waals surface area (Å²) in [6, 6.07) is 15.8. The molecule has 4 rings (SSSR count). The van der Waals surface area contributed by atoms with E-state index in [4.69, 9.17) is 21.1 Å². The smallest absolute Gasteiger partial charge is 0.335 e. The lowest BCUT2D eigenvalue weighted by Gasteiger charge is -2.26. The molecule has 1 heterocycles. The molecule has 1 aliphatic heterocycles. The minimum atomic E-state index is -0.881. The number of halogens is 2. The molecule has 0 atom stereocenters. The Bertz CT molecular complexity index is 1510. The fraction of sp³-hybridized carbons (Fsp3) is 0.143. The Morgan fingerprint density at radius 3 is 2.56 bits per heavy atom. The minimum absolute atomic E-state index is 0.215. The van der Waals surface area contributed by atoms with Gasteiger partial charge in [-0.1, -0.05) is 35.9 Å². The van der Waals surface area contributed by atoms with Gasteiger partial charge in [0.05, 0.1) is 16.8 Å². The van der Waals surface area contributed by atoms with E-state index < -0.39 is 17.8 Å². The van der Waals surface area contributed by atoms with Crippen molar-refractivity contribution in [2.24, 2.45) is 0 Å². The van der Waals surface area contributed by atoms with Gasteiger partial charge in [0.25, 0.3) is 17.7 Å². The molecule has 39 heavy (non-hydrogen) atoms. The summed E-state index contributed by atoms with van der Waals surface area (Å²) in [6.07, 6.45) is 1.34. The van der Waals surface area contributed by atoms with Crippen LogP contribution in [0.3, 0.4) is 0 Å². The average molecular weight is 613 g/mol. The van der Waals surface area contributed by atoms with Crippen LogP contribution in [0.4, 0.5) is 16.2 Å². The number of imide groups is 2. The van der Waals surface area contributed by atoms with Crippen molar-refractivity contribution in [2.45, 2.75) is 13.8 Å². The highest BCUT2D eigenvalue weighted by Crippen LogP contribution is 2.38. The predicted octanol–water partition coefficient (Wildman–Crippen LogP) is 5.49. The molecule has 0 spiro atoms. The van der Waals surface area contributed by atoms with E-state index in [1.54, 1.807) is 37.3 Å². The first-order chi connectivity index (χ1) is 18.7. The number of carbonyl (C=O) groups excluding carboxylic acids is 4. The van der Waals surface area contributed by atoms with Gasteiger partial charge in [0.1, 0.15) is 5.57 Å². The highest BCUT2D eigenvalue weighted by molar-refractivity contribution is 9.10. The molecule has 3 aromatic carbocycles. The van der Waals surface area contributed by atoms with Crippen molar-refractivity contribution in [2.75, 3.05) is 23.4 Å². The number of nitrogens with one attached hydrogen (secondary N) is 2. The maximum absolute atomic E-state index is 13.2. The van der Waals surface area contributed by atoms with Crippen LogP contribution in [0, 0.1) is 6.92 Å². The van der Waals surface area contributed by atoms with Gasteiger partial charge in [-0.2, -0.15) is 0 Å². The Kier molecular flexibility index (Phi) is 8.68. The summed E-state index contributed by atoms with van der Waals surface area (Å²) in [5.41, 5.74) is 1.96. The van der Waals surface area contributed by atoms with Crippen molar-refractivity contribution in [3.8, 4) is 11.5 Å². The number of para-hydroxylation sites is 1. The number of amides is 5. The first kappa shape index (κ1) is 27.9. The zero-order valence-corrected chi connectivity index (χ0v) is 23.3. The van der Waals surface area contributed by atoms with Gasteiger partial charge in [-0.15, -0.1) is 0 Å². The number of hydrogen-bond acceptors (Lipinski definition) is 6. The summed E-state index contributed by atoms with van der Waals surface area (Å²) in [5.74, 6) is -1.46. The second kappa shape index (κ2) is 12.1. The van der Waals surface area contributed by atoms with Gasteiger partial charge in [0.2, 0.25) is 0 Å². The maximum atomic E-state index is 13.2. The topological polar surface area (TPSA) is 114 Å². The first-order valence-corrected chi connectivity index (χ1v) is 13.0. The van der Waals surface area contributed by atoms with Crippen LogP contribution >= 0.6 is 27.5 Å². The van der Waals surface area contributed by atoms with E-state index in [2.05, 4.69) is 26.6 Å². The van der Waals surface area contributed by atoms with Crippen molar-refractivity contribution in [3.05, 3.63) is 86.9 Å². The van der Waals surface area contributed by atoms with Crippen molar-refractivity contribution >= 4 is 68.7 Å². The molecule has 11 heteroatoms. The summed E-state index contributed by atoms with van der Waals surface area (Å²) < 4.78 is 11.9. The van der Waals surface area contributed by atoms with E-state index in [-0.39, 0.29) is 41.9 Å². The van der Waals surface area contributed by atoms with Crippen LogP contribution in [0.1, 0.15) is 18.1 Å². The number of aryl methyl sites for hydroxylation is 1. The van der Waals surface area contributed by atoms with Gasteiger partial charge >= 0.3 is 6.03 Å². The summed E-state index contributed by atoms with van der Waals surface area (Å²) in [7, 11) is 0. The number of anilines is 2. The third kappa shape index (κ3) is 6.47. The largest absolute Gasteiger partial charge is 0.490 e. The second-order valence-electron chi connectivity index (χ2n) is 8.35. The van der Waals surface area contributed by atoms with Gasteiger partial charge in [0, 0.05) is 10.7 Å². The van der Waals surface area contributed by atoms with E-state index in [1.807, 2.05) is 25.1 Å². The van der Waals surface area contributed by atoms with Gasteiger partial charge in [0.15, 0.2) is 18.1 Å². The molecular formula is C28H23BrClN3O6. The van der Waals surface area contributed by atoms with E-state index in [0.717, 1.165) is 10.5 Å². The Morgan fingerprint density at radius 1 is 1.08 bits per heavy atom. The van der Waals surface area contributed by atoms with Crippen LogP contribution in [0.5, 0.6) is 11.5 Å². The number of hydrogen-bond donors (Lipinski definition) is 2. The van der Waals surface area contributed by atoms with Crippen LogP contribution < -0.4 is 25.0 Å². The molecular weight excluding hydrogens is 590 g/mol. The lowest BCUT2D eigenvalue weighted by molar-refractivity contribution is -0.122. The van der Waals surface area contributed by atoms with Crippen molar-refractivity contribution in [3.63, 3.8) is 0 Å². The molecule has 0 aliphatic carbocycles. The Balaban J connectivity index is 1.59. The number of nitrogens with zero attached hydrogens (tertiary/aromatic N) is 1. The summed E-state index contributed by atoms with van der Waals surface area (Å²) >= 11 is 9.45. The van der Waals surface area contributed by atoms with Crippen molar-refractivity contribution in [1.82, 2.24) is 5.32 Å². The Hall–Kier alpha value is -4.15. The average Bonchev–Trinajstić information content (AvgIpc) is 2.87. The van der Waals surface area contributed by atoms with Gasteiger partial charge in [-0.05, 0) is 83.4 Å². The van der Waals surface area contributed by atoms with Crippen molar-refractivity contribution < 1.29 is 28.7 Å². The molecule has 1 saturated heterocycles. The zero-order chi connectivity index (χ0) is 28.1.